The van der Waals surface area contributed by atoms with Gasteiger partial charge in [-0.25, -0.2) is 14.4 Å². The Hall–Kier alpha value is -7.51. The van der Waals surface area contributed by atoms with Crippen LogP contribution in [-0.2, 0) is 61.6 Å². The molecular weight excluding hydrogens is 1210 g/mol. The molecule has 1 radical (unpaired) electrons. The van der Waals surface area contributed by atoms with Gasteiger partial charge in [0, 0.05) is 57.8 Å². The van der Waals surface area contributed by atoms with E-state index in [9.17, 15) is 29.1 Å². The van der Waals surface area contributed by atoms with Crippen molar-refractivity contribution in [1.29, 1.82) is 0 Å². The van der Waals surface area contributed by atoms with Gasteiger partial charge in [0.25, 0.3) is 0 Å². The average Bonchev–Trinajstić information content (AvgIpc) is 0.921. The number of piperidine rings is 9. The Bertz CT molecular complexity index is 3240. The maximum atomic E-state index is 13.2. The van der Waals surface area contributed by atoms with Gasteiger partial charge in [-0.2, -0.15) is 0 Å². The number of benzene rings is 6. The maximum Gasteiger partial charge on any atom is 0.410 e. The van der Waals surface area contributed by atoms with Gasteiger partial charge in [0.2, 0.25) is 0 Å². The predicted octanol–water partition coefficient (Wildman–Crippen LogP) is 11.5. The minimum Gasteiger partial charge on any atom is -0.481 e. The topological polar surface area (TPSA) is 193 Å². The Labute approximate surface area is 559 Å². The minimum atomic E-state index is -1.08. The first-order valence-electron chi connectivity index (χ1n) is 33.4. The molecular formula is C75H90N6O11V. The molecule has 12 aliphatic heterocycles. The number of aliphatic hydroxyl groups excluding tert-OH is 1. The summed E-state index contributed by atoms with van der Waals surface area (Å²) in [4.78, 5) is 70.9. The van der Waals surface area contributed by atoms with Crippen molar-refractivity contribution in [3.8, 4) is 0 Å². The number of carboxylic acids is 2. The van der Waals surface area contributed by atoms with Crippen LogP contribution in [-0.4, -0.2) is 178 Å². The molecule has 0 aliphatic carbocycles. The molecule has 93 heavy (non-hydrogen) atoms. The van der Waals surface area contributed by atoms with E-state index >= 15 is 0 Å². The van der Waals surface area contributed by atoms with Crippen LogP contribution in [0.5, 0.6) is 0 Å². The van der Waals surface area contributed by atoms with Gasteiger partial charge in [-0.05, 0) is 172 Å². The summed E-state index contributed by atoms with van der Waals surface area (Å²) >= 11 is 0. The van der Waals surface area contributed by atoms with Crippen LogP contribution in [0.4, 0.5) is 14.4 Å². The Morgan fingerprint density at radius 3 is 0.968 bits per heavy atom. The van der Waals surface area contributed by atoms with Crippen molar-refractivity contribution in [2.24, 2.45) is 17.8 Å². The van der Waals surface area contributed by atoms with E-state index in [4.69, 9.17) is 24.4 Å². The number of fused-ring (bicyclic) bond motifs is 12. The molecule has 6 aromatic rings. The summed E-state index contributed by atoms with van der Waals surface area (Å²) in [6.07, 6.45) is 8.66. The average molecular weight is 1300 g/mol. The molecule has 491 valence electrons. The Kier molecular flexibility index (Phi) is 24.3. The summed E-state index contributed by atoms with van der Waals surface area (Å²) in [5.41, 5.74) is 11.0. The zero-order valence-corrected chi connectivity index (χ0v) is 54.9. The van der Waals surface area contributed by atoms with Gasteiger partial charge in [0.1, 0.15) is 12.2 Å². The third-order valence-corrected chi connectivity index (χ3v) is 20.0. The smallest absolute Gasteiger partial charge is 0.410 e. The third-order valence-electron chi connectivity index (χ3n) is 20.0. The number of carbonyl (C=O) groups is 5. The summed E-state index contributed by atoms with van der Waals surface area (Å²) in [6.45, 7) is 14.1. The Morgan fingerprint density at radius 2 is 0.699 bits per heavy atom. The number of nitrogens with zero attached hydrogens (tertiary/aromatic N) is 6. The zero-order valence-electron chi connectivity index (χ0n) is 53.5. The van der Waals surface area contributed by atoms with Crippen LogP contribution in [0.2, 0.25) is 0 Å². The summed E-state index contributed by atoms with van der Waals surface area (Å²) in [6, 6.07) is 56.0. The fourth-order valence-electron chi connectivity index (χ4n) is 15.1. The van der Waals surface area contributed by atoms with E-state index in [-0.39, 0.29) is 86.1 Å². The fraction of sp³-hybridized carbons (Fsp3) is 0.453. The molecule has 3 amide bonds. The van der Waals surface area contributed by atoms with Crippen LogP contribution in [0.3, 0.4) is 0 Å². The van der Waals surface area contributed by atoms with Crippen molar-refractivity contribution in [1.82, 2.24) is 29.4 Å². The Morgan fingerprint density at radius 1 is 0.398 bits per heavy atom. The van der Waals surface area contributed by atoms with Crippen molar-refractivity contribution in [3.63, 3.8) is 0 Å². The summed E-state index contributed by atoms with van der Waals surface area (Å²) < 4.78 is 17.4. The second-order valence-corrected chi connectivity index (χ2v) is 25.7. The second-order valence-electron chi connectivity index (χ2n) is 25.7. The first-order chi connectivity index (χ1) is 44.9. The van der Waals surface area contributed by atoms with Crippen LogP contribution in [0.1, 0.15) is 126 Å². The molecule has 18 rings (SSSR count). The molecule has 6 aromatic carbocycles. The van der Waals surface area contributed by atoms with Gasteiger partial charge in [-0.1, -0.05) is 164 Å². The molecule has 9 fully saturated rings. The van der Waals surface area contributed by atoms with Gasteiger partial charge < -0.3 is 34.4 Å². The molecule has 6 atom stereocenters. The van der Waals surface area contributed by atoms with E-state index in [2.05, 4.69) is 118 Å². The van der Waals surface area contributed by atoms with E-state index in [0.29, 0.717) is 44.0 Å². The Balaban J connectivity index is 0.000000135. The van der Waals surface area contributed by atoms with Crippen molar-refractivity contribution >= 4 is 30.2 Å². The number of hydrogen-bond donors (Lipinski definition) is 3. The van der Waals surface area contributed by atoms with E-state index in [1.807, 2.05) is 82.3 Å². The fourth-order valence-corrected chi connectivity index (χ4v) is 15.1. The minimum absolute atomic E-state index is 0. The molecule has 3 N–H and O–H groups in total. The van der Waals surface area contributed by atoms with Gasteiger partial charge in [0.05, 0.1) is 43.7 Å². The number of carbonyl (C=O) groups excluding carboxylic acids is 3. The first kappa shape index (κ1) is 68.4. The normalized spacial score (nSPS) is 26.4. The van der Waals surface area contributed by atoms with Crippen LogP contribution in [0.25, 0.3) is 0 Å². The quantitative estimate of drug-likeness (QED) is 0.116. The molecule has 9 saturated heterocycles. The predicted molar refractivity (Wildman–Crippen MR) is 351 cm³/mol. The second kappa shape index (κ2) is 33.1. The zero-order chi connectivity index (χ0) is 63.9. The van der Waals surface area contributed by atoms with Crippen molar-refractivity contribution < 1.29 is 72.1 Å². The van der Waals surface area contributed by atoms with E-state index in [0.717, 1.165) is 107 Å². The number of carboxylic acid groups (broad SMARTS) is 2. The summed E-state index contributed by atoms with van der Waals surface area (Å²) in [5.74, 6) is -0.452. The summed E-state index contributed by atoms with van der Waals surface area (Å²) in [5, 5.41) is 25.2. The molecule has 18 heteroatoms. The molecule has 6 bridgehead atoms. The number of aliphatic carboxylic acids is 2. The number of ether oxygens (including phenoxy) is 3. The van der Waals surface area contributed by atoms with Gasteiger partial charge in [0.15, 0.2) is 0 Å². The number of hydrogen-bond acceptors (Lipinski definition) is 12. The molecule has 0 saturated carbocycles. The molecule has 0 aromatic heterocycles. The van der Waals surface area contributed by atoms with Crippen LogP contribution in [0.15, 0.2) is 164 Å². The third kappa shape index (κ3) is 17.3. The molecule has 12 heterocycles. The van der Waals surface area contributed by atoms with Crippen molar-refractivity contribution in [2.75, 3.05) is 85.1 Å². The standard InChI is InChI=1S/2C23H26N2O2.C18H19NO2.C7H13NO.C4H6O4.V/c2*26-23(27-21-16-24-13-10-18(21)11-14-24)25-15-12-17-6-4-5-9-20(17)22(25)19-7-2-1-3-8-19;1-2-21-18(20)19-13-12-14-8-6-7-11-16(14)17(19)15-9-4-3-5-10-15;9-7-5-8-3-1-6(7)2-4-8;5-3(6)1-2-4(7)8;/h2*1-9,18,21-22H,10-16H2;3-11,17H,2,12-13H2,1H3;6-7,9H,1-5H2;1-2H2,(H,5,6)(H,7,8);/t21-,22?;21-,22-;;7-;;/m00.0../s1. The molecule has 2 unspecified atom stereocenters. The van der Waals surface area contributed by atoms with Crippen molar-refractivity contribution in [3.05, 3.63) is 214 Å². The molecule has 0 spiro atoms. The summed E-state index contributed by atoms with van der Waals surface area (Å²) in [7, 11) is 0. The molecule has 17 nitrogen and oxygen atoms in total. The van der Waals surface area contributed by atoms with E-state index in [1.54, 1.807) is 0 Å². The number of rotatable bonds is 9. The van der Waals surface area contributed by atoms with Crippen LogP contribution >= 0.6 is 0 Å². The van der Waals surface area contributed by atoms with E-state index in [1.165, 1.54) is 59.3 Å². The largest absolute Gasteiger partial charge is 0.481 e. The van der Waals surface area contributed by atoms with Crippen molar-refractivity contribution in [2.45, 2.75) is 114 Å². The SMILES string of the molecule is CCOC(=O)N1CCc2ccccc2C1c1ccccc1.O=C(O)CCC(=O)O.O=C(O[C@H]1CN2CCC1CC2)N1CCc2ccccc2C1c1ccccc1.O=C(O[C@H]1CN2CCC1CC2)N1CCc2ccccc2[C@@H]1c1ccccc1.O[C@H]1CN2CCC1CC2.[V]. The maximum absolute atomic E-state index is 13.2. The number of aliphatic hydroxyl groups is 1. The van der Waals surface area contributed by atoms with Crippen LogP contribution < -0.4 is 0 Å². The van der Waals surface area contributed by atoms with Gasteiger partial charge in [-0.15, -0.1) is 0 Å². The van der Waals surface area contributed by atoms with Gasteiger partial charge in [-0.3, -0.25) is 34.1 Å². The van der Waals surface area contributed by atoms with E-state index < -0.39 is 11.9 Å². The first-order valence-corrected chi connectivity index (χ1v) is 33.4. The van der Waals surface area contributed by atoms with Crippen LogP contribution in [0, 0.1) is 17.8 Å². The molecule has 12 aliphatic rings. The monoisotopic (exact) mass is 1300 g/mol. The number of amides is 3. The van der Waals surface area contributed by atoms with Gasteiger partial charge >= 0.3 is 30.2 Å².